The summed E-state index contributed by atoms with van der Waals surface area (Å²) in [6.07, 6.45) is 0. The van der Waals surface area contributed by atoms with E-state index in [9.17, 15) is 4.79 Å². The molecule has 6 heteroatoms. The molecule has 0 saturated carbocycles. The standard InChI is InChI=1S/C17H21N3O3/c1-11-16(12(2)20(4)18-11)17(21)19(3)10-13-5-6-14-15(9-13)23-8-7-22-14/h5-6,9H,7-8,10H2,1-4H3. The molecule has 2 heterocycles. The first-order valence-electron chi connectivity index (χ1n) is 7.61. The van der Waals surface area contributed by atoms with Crippen molar-refractivity contribution in [3.8, 4) is 11.5 Å². The van der Waals surface area contributed by atoms with E-state index in [1.807, 2.05) is 39.1 Å². The lowest BCUT2D eigenvalue weighted by molar-refractivity contribution is 0.0783. The first kappa shape index (κ1) is 15.4. The second-order valence-electron chi connectivity index (χ2n) is 5.81. The van der Waals surface area contributed by atoms with Gasteiger partial charge in [-0.3, -0.25) is 9.48 Å². The molecule has 0 aliphatic carbocycles. The van der Waals surface area contributed by atoms with Gasteiger partial charge in [0.1, 0.15) is 13.2 Å². The average molecular weight is 315 g/mol. The molecule has 0 spiro atoms. The third-order valence-corrected chi connectivity index (χ3v) is 4.10. The third-order valence-electron chi connectivity index (χ3n) is 4.10. The number of aromatic nitrogens is 2. The van der Waals surface area contributed by atoms with Gasteiger partial charge in [-0.05, 0) is 31.5 Å². The SMILES string of the molecule is Cc1nn(C)c(C)c1C(=O)N(C)Cc1ccc2c(c1)OCCO2. The van der Waals surface area contributed by atoms with Crippen LogP contribution < -0.4 is 9.47 Å². The molecule has 6 nitrogen and oxygen atoms in total. The minimum atomic E-state index is -0.0250. The maximum Gasteiger partial charge on any atom is 0.257 e. The maximum atomic E-state index is 12.7. The van der Waals surface area contributed by atoms with Crippen LogP contribution in [0.15, 0.2) is 18.2 Å². The Hall–Kier alpha value is -2.50. The van der Waals surface area contributed by atoms with E-state index in [0.29, 0.717) is 25.3 Å². The normalized spacial score (nSPS) is 13.0. The van der Waals surface area contributed by atoms with Crippen LogP contribution in [0.3, 0.4) is 0 Å². The highest BCUT2D eigenvalue weighted by atomic mass is 16.6. The molecule has 1 aromatic heterocycles. The smallest absolute Gasteiger partial charge is 0.257 e. The quantitative estimate of drug-likeness (QED) is 0.870. The molecule has 0 radical (unpaired) electrons. The zero-order valence-corrected chi connectivity index (χ0v) is 13.9. The summed E-state index contributed by atoms with van der Waals surface area (Å²) in [5.74, 6) is 1.47. The van der Waals surface area contributed by atoms with Crippen molar-refractivity contribution in [2.45, 2.75) is 20.4 Å². The van der Waals surface area contributed by atoms with Crippen LogP contribution in [0.5, 0.6) is 11.5 Å². The van der Waals surface area contributed by atoms with Crippen LogP contribution in [0, 0.1) is 13.8 Å². The average Bonchev–Trinajstić information content (AvgIpc) is 2.79. The Kier molecular flexibility index (Phi) is 3.98. The van der Waals surface area contributed by atoms with Crippen LogP contribution in [0.1, 0.15) is 27.3 Å². The highest BCUT2D eigenvalue weighted by molar-refractivity contribution is 5.96. The number of amides is 1. The summed E-state index contributed by atoms with van der Waals surface area (Å²) in [6.45, 7) is 5.40. The van der Waals surface area contributed by atoms with Gasteiger partial charge in [-0.1, -0.05) is 6.07 Å². The molecule has 122 valence electrons. The predicted octanol–water partition coefficient (Wildman–Crippen LogP) is 2.08. The molecule has 0 bridgehead atoms. The summed E-state index contributed by atoms with van der Waals surface area (Å²) in [6, 6.07) is 5.78. The fourth-order valence-electron chi connectivity index (χ4n) is 2.81. The third kappa shape index (κ3) is 2.88. The van der Waals surface area contributed by atoms with E-state index in [4.69, 9.17) is 9.47 Å². The lowest BCUT2D eigenvalue weighted by Gasteiger charge is -2.21. The van der Waals surface area contributed by atoms with Crippen molar-refractivity contribution in [2.24, 2.45) is 7.05 Å². The molecule has 1 aliphatic heterocycles. The molecule has 0 N–H and O–H groups in total. The molecule has 23 heavy (non-hydrogen) atoms. The Morgan fingerprint density at radius 1 is 1.26 bits per heavy atom. The van der Waals surface area contributed by atoms with E-state index >= 15 is 0 Å². The van der Waals surface area contributed by atoms with Gasteiger partial charge in [0.05, 0.1) is 11.3 Å². The topological polar surface area (TPSA) is 56.6 Å². The van der Waals surface area contributed by atoms with Crippen LogP contribution in [0.2, 0.25) is 0 Å². The van der Waals surface area contributed by atoms with Gasteiger partial charge in [-0.25, -0.2) is 0 Å². The molecular formula is C17H21N3O3. The number of fused-ring (bicyclic) bond motifs is 1. The molecule has 1 amide bonds. The van der Waals surface area contributed by atoms with Crippen LogP contribution in [-0.4, -0.2) is 40.8 Å². The largest absolute Gasteiger partial charge is 0.486 e. The Morgan fingerprint density at radius 2 is 1.96 bits per heavy atom. The number of carbonyl (C=O) groups excluding carboxylic acids is 1. The number of ether oxygens (including phenoxy) is 2. The van der Waals surface area contributed by atoms with Crippen LogP contribution in [0.4, 0.5) is 0 Å². The van der Waals surface area contributed by atoms with E-state index < -0.39 is 0 Å². The first-order valence-corrected chi connectivity index (χ1v) is 7.61. The van der Waals surface area contributed by atoms with E-state index in [0.717, 1.165) is 28.5 Å². The zero-order chi connectivity index (χ0) is 16.6. The van der Waals surface area contributed by atoms with E-state index in [1.165, 1.54) is 0 Å². The van der Waals surface area contributed by atoms with Crippen molar-refractivity contribution >= 4 is 5.91 Å². The first-order chi connectivity index (χ1) is 11.0. The van der Waals surface area contributed by atoms with Gasteiger partial charge in [0.2, 0.25) is 0 Å². The molecular weight excluding hydrogens is 294 g/mol. The second-order valence-corrected chi connectivity index (χ2v) is 5.81. The number of benzene rings is 1. The molecule has 3 rings (SSSR count). The van der Waals surface area contributed by atoms with Gasteiger partial charge in [0.25, 0.3) is 5.91 Å². The minimum Gasteiger partial charge on any atom is -0.486 e. The van der Waals surface area contributed by atoms with Crippen molar-refractivity contribution in [2.75, 3.05) is 20.3 Å². The molecule has 1 aromatic carbocycles. The van der Waals surface area contributed by atoms with Gasteiger partial charge >= 0.3 is 0 Å². The van der Waals surface area contributed by atoms with Crippen molar-refractivity contribution in [1.29, 1.82) is 0 Å². The fourth-order valence-corrected chi connectivity index (χ4v) is 2.81. The number of hydrogen-bond donors (Lipinski definition) is 0. The summed E-state index contributed by atoms with van der Waals surface area (Å²) in [7, 11) is 3.64. The van der Waals surface area contributed by atoms with Gasteiger partial charge in [-0.2, -0.15) is 5.10 Å². The Bertz CT molecular complexity index is 752. The molecule has 0 unspecified atom stereocenters. The van der Waals surface area contributed by atoms with Gasteiger partial charge in [0, 0.05) is 26.3 Å². The Balaban J connectivity index is 1.78. The lowest BCUT2D eigenvalue weighted by Crippen LogP contribution is -2.27. The predicted molar refractivity (Wildman–Crippen MR) is 85.9 cm³/mol. The second kappa shape index (κ2) is 5.95. The highest BCUT2D eigenvalue weighted by Gasteiger charge is 2.21. The molecule has 2 aromatic rings. The Morgan fingerprint density at radius 3 is 2.61 bits per heavy atom. The summed E-state index contributed by atoms with van der Waals surface area (Å²) >= 11 is 0. The number of hydrogen-bond acceptors (Lipinski definition) is 4. The summed E-state index contributed by atoms with van der Waals surface area (Å²) < 4.78 is 12.8. The molecule has 0 saturated heterocycles. The number of carbonyl (C=O) groups is 1. The van der Waals surface area contributed by atoms with Crippen molar-refractivity contribution in [1.82, 2.24) is 14.7 Å². The fraction of sp³-hybridized carbons (Fsp3) is 0.412. The number of aryl methyl sites for hydroxylation is 2. The van der Waals surface area contributed by atoms with Gasteiger partial charge in [0.15, 0.2) is 11.5 Å². The monoisotopic (exact) mass is 315 g/mol. The Labute approximate surface area is 135 Å². The molecule has 0 fully saturated rings. The van der Waals surface area contributed by atoms with Gasteiger partial charge in [-0.15, -0.1) is 0 Å². The van der Waals surface area contributed by atoms with Gasteiger partial charge < -0.3 is 14.4 Å². The number of nitrogens with zero attached hydrogens (tertiary/aromatic N) is 3. The number of rotatable bonds is 3. The molecule has 0 atom stereocenters. The van der Waals surface area contributed by atoms with E-state index in [-0.39, 0.29) is 5.91 Å². The zero-order valence-electron chi connectivity index (χ0n) is 13.9. The summed E-state index contributed by atoms with van der Waals surface area (Å²) in [4.78, 5) is 14.4. The van der Waals surface area contributed by atoms with Crippen LogP contribution >= 0.6 is 0 Å². The van der Waals surface area contributed by atoms with Crippen molar-refractivity contribution < 1.29 is 14.3 Å². The lowest BCUT2D eigenvalue weighted by atomic mass is 10.1. The summed E-state index contributed by atoms with van der Waals surface area (Å²) in [5, 5.41) is 4.31. The van der Waals surface area contributed by atoms with Crippen LogP contribution in [-0.2, 0) is 13.6 Å². The van der Waals surface area contributed by atoms with E-state index in [1.54, 1.807) is 16.6 Å². The molecule has 1 aliphatic rings. The minimum absolute atomic E-state index is 0.0250. The van der Waals surface area contributed by atoms with Crippen molar-refractivity contribution in [3.63, 3.8) is 0 Å². The van der Waals surface area contributed by atoms with E-state index in [2.05, 4.69) is 5.10 Å². The highest BCUT2D eigenvalue weighted by Crippen LogP contribution is 2.31. The maximum absolute atomic E-state index is 12.7. The van der Waals surface area contributed by atoms with Crippen LogP contribution in [0.25, 0.3) is 0 Å². The summed E-state index contributed by atoms with van der Waals surface area (Å²) in [5.41, 5.74) is 3.31. The van der Waals surface area contributed by atoms with Crippen molar-refractivity contribution in [3.05, 3.63) is 40.7 Å².